The summed E-state index contributed by atoms with van der Waals surface area (Å²) in [6, 6.07) is 12.1. The predicted molar refractivity (Wildman–Crippen MR) is 153 cm³/mol. The average Bonchev–Trinajstić information content (AvgIpc) is 3.35. The highest BCUT2D eigenvalue weighted by Gasteiger charge is 2.47. The molecule has 2 saturated heterocycles. The first-order valence-electron chi connectivity index (χ1n) is 14.2. The number of nitrogens with one attached hydrogen (secondary N) is 1. The van der Waals surface area contributed by atoms with Gasteiger partial charge in [-0.05, 0) is 75.4 Å². The number of aromatic nitrogens is 1. The van der Waals surface area contributed by atoms with Gasteiger partial charge in [0.1, 0.15) is 5.60 Å². The van der Waals surface area contributed by atoms with Crippen LogP contribution < -0.4 is 4.90 Å². The number of amides is 1. The Morgan fingerprint density at radius 3 is 2.50 bits per heavy atom. The first-order chi connectivity index (χ1) is 19.1. The van der Waals surface area contributed by atoms with E-state index in [4.69, 9.17) is 9.47 Å². The topological polar surface area (TPSA) is 98.7 Å². The maximum absolute atomic E-state index is 14.2. The summed E-state index contributed by atoms with van der Waals surface area (Å²) >= 11 is 0. The zero-order valence-electron chi connectivity index (χ0n) is 23.7. The fraction of sp³-hybridized carbons (Fsp3) is 0.469. The molecule has 3 aromatic rings. The summed E-state index contributed by atoms with van der Waals surface area (Å²) < 4.78 is 11.4. The van der Waals surface area contributed by atoms with Gasteiger partial charge in [-0.3, -0.25) is 4.79 Å². The van der Waals surface area contributed by atoms with Gasteiger partial charge in [0.15, 0.2) is 5.78 Å². The number of nitrogens with zero attached hydrogens (tertiary/aromatic N) is 3. The van der Waals surface area contributed by atoms with E-state index in [1.807, 2.05) is 32.9 Å². The van der Waals surface area contributed by atoms with Crippen LogP contribution >= 0.6 is 0 Å². The molecule has 1 N–H and O–H groups in total. The highest BCUT2D eigenvalue weighted by molar-refractivity contribution is 6.20. The van der Waals surface area contributed by atoms with Crippen LogP contribution in [0.15, 0.2) is 30.3 Å². The van der Waals surface area contributed by atoms with Gasteiger partial charge >= 0.3 is 6.09 Å². The van der Waals surface area contributed by atoms with Gasteiger partial charge in [0.25, 0.3) is 0 Å². The molecule has 0 saturated carbocycles. The van der Waals surface area contributed by atoms with Crippen molar-refractivity contribution in [3.8, 4) is 6.07 Å². The first kappa shape index (κ1) is 26.4. The van der Waals surface area contributed by atoms with Gasteiger partial charge in [-0.25, -0.2) is 4.79 Å². The Kier molecular flexibility index (Phi) is 6.38. The Hall–Kier alpha value is -3.83. The number of aryl methyl sites for hydroxylation is 1. The molecule has 8 heteroatoms. The van der Waals surface area contributed by atoms with Crippen molar-refractivity contribution >= 4 is 28.5 Å². The molecule has 2 aromatic carbocycles. The number of rotatable bonds is 2. The monoisotopic (exact) mass is 540 g/mol. The van der Waals surface area contributed by atoms with E-state index in [-0.39, 0.29) is 17.3 Å². The molecule has 3 aliphatic rings. The zero-order valence-corrected chi connectivity index (χ0v) is 23.7. The zero-order chi connectivity index (χ0) is 28.2. The van der Waals surface area contributed by atoms with E-state index in [1.54, 1.807) is 11.0 Å². The Balaban J connectivity index is 1.42. The fourth-order valence-corrected chi connectivity index (χ4v) is 6.62. The maximum atomic E-state index is 14.2. The van der Waals surface area contributed by atoms with E-state index in [9.17, 15) is 14.9 Å². The third-order valence-corrected chi connectivity index (χ3v) is 8.61. The molecule has 1 aromatic heterocycles. The van der Waals surface area contributed by atoms with Crippen molar-refractivity contribution in [2.45, 2.75) is 58.0 Å². The van der Waals surface area contributed by atoms with E-state index in [1.165, 1.54) is 0 Å². The molecule has 2 fully saturated rings. The van der Waals surface area contributed by atoms with E-state index < -0.39 is 5.60 Å². The van der Waals surface area contributed by atoms with Crippen molar-refractivity contribution in [1.29, 1.82) is 5.26 Å². The second kappa shape index (κ2) is 9.67. The molecule has 6 rings (SSSR count). The van der Waals surface area contributed by atoms with Gasteiger partial charge < -0.3 is 24.3 Å². The van der Waals surface area contributed by atoms with Crippen LogP contribution in [0.4, 0.5) is 10.5 Å². The van der Waals surface area contributed by atoms with Crippen LogP contribution in [-0.4, -0.2) is 66.8 Å². The largest absolute Gasteiger partial charge is 0.444 e. The second-order valence-electron chi connectivity index (χ2n) is 12.1. The summed E-state index contributed by atoms with van der Waals surface area (Å²) in [5.74, 6) is 0.0362. The van der Waals surface area contributed by atoms with Crippen molar-refractivity contribution in [3.05, 3.63) is 63.8 Å². The Morgan fingerprint density at radius 1 is 1.12 bits per heavy atom. The number of nitriles is 1. The molecule has 2 aliphatic heterocycles. The number of hydrogen-bond donors (Lipinski definition) is 1. The van der Waals surface area contributed by atoms with Gasteiger partial charge in [0.05, 0.1) is 17.2 Å². The lowest BCUT2D eigenvalue weighted by Crippen LogP contribution is -2.50. The maximum Gasteiger partial charge on any atom is 0.410 e. The lowest BCUT2D eigenvalue weighted by molar-refractivity contribution is 0.0240. The SMILES string of the molecule is CCc1cc2c(cc1N1CCN(C(=O)OC(C)(C)C)CC1)C1(CCOCC1)c1[nH]c3cc(C#N)ccc3c1C2=O. The summed E-state index contributed by atoms with van der Waals surface area (Å²) in [5.41, 5.74) is 6.27. The van der Waals surface area contributed by atoms with Crippen molar-refractivity contribution in [3.63, 3.8) is 0 Å². The highest BCUT2D eigenvalue weighted by Crippen LogP contribution is 2.51. The predicted octanol–water partition coefficient (Wildman–Crippen LogP) is 5.30. The molecule has 1 aliphatic carbocycles. The molecule has 3 heterocycles. The van der Waals surface area contributed by atoms with Gasteiger partial charge in [0.2, 0.25) is 0 Å². The second-order valence-corrected chi connectivity index (χ2v) is 12.1. The minimum atomic E-state index is -0.524. The normalized spacial score (nSPS) is 18.4. The molecule has 8 nitrogen and oxygen atoms in total. The molecule has 1 amide bonds. The van der Waals surface area contributed by atoms with E-state index >= 15 is 0 Å². The lowest BCUT2D eigenvalue weighted by atomic mass is 9.64. The van der Waals surface area contributed by atoms with Gasteiger partial charge in [0, 0.05) is 72.7 Å². The summed E-state index contributed by atoms with van der Waals surface area (Å²) in [7, 11) is 0. The number of ketones is 1. The number of benzene rings is 2. The van der Waals surface area contributed by atoms with Crippen LogP contribution in [0.3, 0.4) is 0 Å². The van der Waals surface area contributed by atoms with Crippen molar-refractivity contribution in [1.82, 2.24) is 9.88 Å². The Bertz CT molecular complexity index is 1540. The number of H-pyrrole nitrogens is 1. The highest BCUT2D eigenvalue weighted by atomic mass is 16.6. The molecular formula is C32H36N4O4. The summed E-state index contributed by atoms with van der Waals surface area (Å²) in [5, 5.41) is 10.3. The van der Waals surface area contributed by atoms with Crippen LogP contribution in [0.25, 0.3) is 10.9 Å². The quantitative estimate of drug-likeness (QED) is 0.474. The van der Waals surface area contributed by atoms with Crippen LogP contribution in [0.5, 0.6) is 0 Å². The Morgan fingerprint density at radius 2 is 1.85 bits per heavy atom. The fourth-order valence-electron chi connectivity index (χ4n) is 6.62. The minimum Gasteiger partial charge on any atom is -0.444 e. The number of carbonyl (C=O) groups excluding carboxylic acids is 2. The van der Waals surface area contributed by atoms with Crippen LogP contribution in [0.2, 0.25) is 0 Å². The molecule has 0 radical (unpaired) electrons. The summed E-state index contributed by atoms with van der Waals surface area (Å²) in [6.07, 6.45) is 2.07. The van der Waals surface area contributed by atoms with Crippen LogP contribution in [0, 0.1) is 11.3 Å². The van der Waals surface area contributed by atoms with E-state index in [2.05, 4.69) is 35.0 Å². The van der Waals surface area contributed by atoms with Crippen molar-refractivity contribution in [2.24, 2.45) is 0 Å². The average molecular weight is 541 g/mol. The van der Waals surface area contributed by atoms with E-state index in [0.29, 0.717) is 45.0 Å². The van der Waals surface area contributed by atoms with Crippen LogP contribution in [-0.2, 0) is 21.3 Å². The number of hydrogen-bond acceptors (Lipinski definition) is 6. The molecule has 0 bridgehead atoms. The molecule has 1 spiro atoms. The standard InChI is InChI=1S/C32H36N4O4/c1-5-21-17-23-24(18-26(21)35-10-12-36(13-11-35)30(38)40-31(2,3)4)32(8-14-39-15-9-32)29-27(28(23)37)22-7-6-20(19-33)16-25(22)34-29/h6-7,16-18,34H,5,8-15H2,1-4H3. The van der Waals surface area contributed by atoms with E-state index in [0.717, 1.165) is 63.8 Å². The summed E-state index contributed by atoms with van der Waals surface area (Å²) in [4.78, 5) is 34.5. The minimum absolute atomic E-state index is 0.0362. The van der Waals surface area contributed by atoms with Gasteiger partial charge in [-0.15, -0.1) is 0 Å². The number of carbonyl (C=O) groups is 2. The Labute approximate surface area is 234 Å². The number of anilines is 1. The molecule has 0 unspecified atom stereocenters. The number of piperazine rings is 1. The third kappa shape index (κ3) is 4.24. The smallest absolute Gasteiger partial charge is 0.410 e. The number of fused-ring (bicyclic) bond motifs is 6. The molecule has 208 valence electrons. The first-order valence-corrected chi connectivity index (χ1v) is 14.2. The van der Waals surface area contributed by atoms with Crippen molar-refractivity contribution in [2.75, 3.05) is 44.3 Å². The third-order valence-electron chi connectivity index (χ3n) is 8.61. The number of aromatic amines is 1. The van der Waals surface area contributed by atoms with Gasteiger partial charge in [-0.1, -0.05) is 13.0 Å². The van der Waals surface area contributed by atoms with Gasteiger partial charge in [-0.2, -0.15) is 5.26 Å². The number of ether oxygens (including phenoxy) is 2. The summed E-state index contributed by atoms with van der Waals surface area (Å²) in [6.45, 7) is 11.6. The van der Waals surface area contributed by atoms with Crippen molar-refractivity contribution < 1.29 is 19.1 Å². The molecule has 40 heavy (non-hydrogen) atoms. The molecule has 0 atom stereocenters. The van der Waals surface area contributed by atoms with Crippen LogP contribution in [0.1, 0.15) is 78.8 Å². The lowest BCUT2D eigenvalue weighted by Gasteiger charge is -2.43. The molecular weight excluding hydrogens is 504 g/mol.